The first kappa shape index (κ1) is 11.4. The van der Waals surface area contributed by atoms with Crippen LogP contribution in [0, 0.1) is 0 Å². The van der Waals surface area contributed by atoms with Crippen molar-refractivity contribution in [3.63, 3.8) is 0 Å². The van der Waals surface area contributed by atoms with Crippen molar-refractivity contribution in [1.29, 1.82) is 0 Å². The molecule has 0 radical (unpaired) electrons. The van der Waals surface area contributed by atoms with E-state index in [1.54, 1.807) is 11.3 Å². The first-order chi connectivity index (χ1) is 5.86. The highest BCUT2D eigenvalue weighted by Gasteiger charge is 2.17. The van der Waals surface area contributed by atoms with Crippen molar-refractivity contribution < 1.29 is 0 Å². The molecule has 2 heterocycles. The molecule has 2 nitrogen and oxygen atoms in total. The molecule has 0 bridgehead atoms. The first-order valence-electron chi connectivity index (χ1n) is 4.18. The Kier molecular flexibility index (Phi) is 4.66. The van der Waals surface area contributed by atoms with Gasteiger partial charge in [0.05, 0.1) is 15.0 Å². The number of piperidine rings is 1. The number of hydrogen-bond donors (Lipinski definition) is 1. The van der Waals surface area contributed by atoms with Crippen molar-refractivity contribution in [2.45, 2.75) is 18.8 Å². The molecule has 1 aromatic heterocycles. The third-order valence-electron chi connectivity index (χ3n) is 2.18. The molecule has 0 atom stereocenters. The highest BCUT2D eigenvalue weighted by atomic mass is 79.9. The Labute approximate surface area is 96.7 Å². The standard InChI is InChI=1S/C8H11BrN2S.ClH/c9-7-5-11-8(12-7)6-1-3-10-4-2-6;/h5-6,10H,1-4H2;1H. The van der Waals surface area contributed by atoms with Gasteiger partial charge in [0.25, 0.3) is 0 Å². The molecule has 1 N–H and O–H groups in total. The minimum Gasteiger partial charge on any atom is -0.317 e. The van der Waals surface area contributed by atoms with Crippen molar-refractivity contribution in [3.05, 3.63) is 15.0 Å². The maximum absolute atomic E-state index is 4.38. The van der Waals surface area contributed by atoms with Gasteiger partial charge in [-0.25, -0.2) is 4.98 Å². The van der Waals surface area contributed by atoms with Gasteiger partial charge in [0, 0.05) is 5.92 Å². The number of aromatic nitrogens is 1. The summed E-state index contributed by atoms with van der Waals surface area (Å²) in [5.74, 6) is 0.697. The molecule has 0 aliphatic carbocycles. The zero-order valence-electron chi connectivity index (χ0n) is 7.12. The predicted molar refractivity (Wildman–Crippen MR) is 61.9 cm³/mol. The topological polar surface area (TPSA) is 24.9 Å². The minimum atomic E-state index is 0. The van der Waals surface area contributed by atoms with E-state index in [1.807, 2.05) is 6.20 Å². The monoisotopic (exact) mass is 282 g/mol. The van der Waals surface area contributed by atoms with Crippen LogP contribution in [0.15, 0.2) is 9.98 Å². The Morgan fingerprint density at radius 2 is 2.15 bits per heavy atom. The number of hydrogen-bond acceptors (Lipinski definition) is 3. The summed E-state index contributed by atoms with van der Waals surface area (Å²) in [6.45, 7) is 2.28. The Bertz CT molecular complexity index is 260. The van der Waals surface area contributed by atoms with Crippen LogP contribution in [-0.2, 0) is 0 Å². The Morgan fingerprint density at radius 3 is 2.69 bits per heavy atom. The van der Waals surface area contributed by atoms with Crippen LogP contribution in [0.2, 0.25) is 0 Å². The normalized spacial score (nSPS) is 18.2. The lowest BCUT2D eigenvalue weighted by molar-refractivity contribution is 0.459. The van der Waals surface area contributed by atoms with Gasteiger partial charge in [-0.05, 0) is 41.9 Å². The van der Waals surface area contributed by atoms with E-state index in [-0.39, 0.29) is 12.4 Å². The van der Waals surface area contributed by atoms with E-state index < -0.39 is 0 Å². The predicted octanol–water partition coefficient (Wildman–Crippen LogP) is 2.79. The van der Waals surface area contributed by atoms with Crippen molar-refractivity contribution >= 4 is 39.7 Å². The zero-order valence-corrected chi connectivity index (χ0v) is 10.3. The second-order valence-electron chi connectivity index (χ2n) is 3.03. The molecular formula is C8H12BrClN2S. The fourth-order valence-corrected chi connectivity index (χ4v) is 2.94. The number of halogens is 2. The number of nitrogens with zero attached hydrogens (tertiary/aromatic N) is 1. The fourth-order valence-electron chi connectivity index (χ4n) is 1.52. The van der Waals surface area contributed by atoms with Crippen LogP contribution in [-0.4, -0.2) is 18.1 Å². The molecule has 0 amide bonds. The van der Waals surface area contributed by atoms with Gasteiger partial charge in [0.1, 0.15) is 0 Å². The quantitative estimate of drug-likeness (QED) is 0.857. The zero-order chi connectivity index (χ0) is 8.39. The molecule has 5 heteroatoms. The Morgan fingerprint density at radius 1 is 1.46 bits per heavy atom. The molecule has 0 aromatic carbocycles. The minimum absolute atomic E-state index is 0. The lowest BCUT2D eigenvalue weighted by Gasteiger charge is -2.20. The largest absolute Gasteiger partial charge is 0.317 e. The number of nitrogens with one attached hydrogen (secondary N) is 1. The first-order valence-corrected chi connectivity index (χ1v) is 5.79. The van der Waals surface area contributed by atoms with E-state index in [4.69, 9.17) is 0 Å². The molecule has 1 saturated heterocycles. The van der Waals surface area contributed by atoms with Crippen LogP contribution in [0.1, 0.15) is 23.8 Å². The summed E-state index contributed by atoms with van der Waals surface area (Å²) in [6.07, 6.45) is 4.38. The van der Waals surface area contributed by atoms with E-state index in [1.165, 1.54) is 17.8 Å². The summed E-state index contributed by atoms with van der Waals surface area (Å²) in [4.78, 5) is 4.38. The SMILES string of the molecule is Brc1cnc(C2CCNCC2)s1.Cl. The van der Waals surface area contributed by atoms with Gasteiger partial charge in [-0.1, -0.05) is 0 Å². The second-order valence-corrected chi connectivity index (χ2v) is 5.47. The maximum Gasteiger partial charge on any atom is 0.0968 e. The molecule has 1 fully saturated rings. The summed E-state index contributed by atoms with van der Waals surface area (Å²) in [5, 5.41) is 4.65. The van der Waals surface area contributed by atoms with Crippen LogP contribution in [0.3, 0.4) is 0 Å². The maximum atomic E-state index is 4.38. The van der Waals surface area contributed by atoms with E-state index in [2.05, 4.69) is 26.2 Å². The molecule has 2 rings (SSSR count). The van der Waals surface area contributed by atoms with Crippen molar-refractivity contribution in [1.82, 2.24) is 10.3 Å². The van der Waals surface area contributed by atoms with Crippen LogP contribution < -0.4 is 5.32 Å². The van der Waals surface area contributed by atoms with E-state index in [0.29, 0.717) is 5.92 Å². The van der Waals surface area contributed by atoms with Gasteiger partial charge in [-0.15, -0.1) is 23.7 Å². The molecule has 13 heavy (non-hydrogen) atoms. The average Bonchev–Trinajstić information content (AvgIpc) is 2.54. The lowest BCUT2D eigenvalue weighted by Crippen LogP contribution is -2.26. The van der Waals surface area contributed by atoms with Gasteiger partial charge < -0.3 is 5.32 Å². The van der Waals surface area contributed by atoms with Crippen LogP contribution in [0.4, 0.5) is 0 Å². The Hall–Kier alpha value is 0.360. The van der Waals surface area contributed by atoms with Crippen molar-refractivity contribution in [2.24, 2.45) is 0 Å². The van der Waals surface area contributed by atoms with Gasteiger partial charge in [0.15, 0.2) is 0 Å². The van der Waals surface area contributed by atoms with E-state index in [9.17, 15) is 0 Å². The average molecular weight is 284 g/mol. The molecule has 0 spiro atoms. The highest BCUT2D eigenvalue weighted by Crippen LogP contribution is 2.30. The van der Waals surface area contributed by atoms with Gasteiger partial charge in [0.2, 0.25) is 0 Å². The van der Waals surface area contributed by atoms with Crippen LogP contribution >= 0.6 is 39.7 Å². The molecule has 0 saturated carbocycles. The third kappa shape index (κ3) is 2.91. The van der Waals surface area contributed by atoms with Crippen molar-refractivity contribution in [2.75, 3.05) is 13.1 Å². The summed E-state index contributed by atoms with van der Waals surface area (Å²) < 4.78 is 1.15. The third-order valence-corrected chi connectivity index (χ3v) is 3.82. The van der Waals surface area contributed by atoms with Crippen molar-refractivity contribution in [3.8, 4) is 0 Å². The van der Waals surface area contributed by atoms with Gasteiger partial charge in [-0.3, -0.25) is 0 Å². The molecule has 1 aliphatic rings. The summed E-state index contributed by atoms with van der Waals surface area (Å²) >= 11 is 5.21. The van der Waals surface area contributed by atoms with Gasteiger partial charge in [-0.2, -0.15) is 0 Å². The second kappa shape index (κ2) is 5.29. The van der Waals surface area contributed by atoms with E-state index in [0.717, 1.165) is 16.9 Å². The van der Waals surface area contributed by atoms with Crippen LogP contribution in [0.5, 0.6) is 0 Å². The Balaban J connectivity index is 0.000000845. The summed E-state index contributed by atoms with van der Waals surface area (Å²) in [7, 11) is 0. The van der Waals surface area contributed by atoms with Gasteiger partial charge >= 0.3 is 0 Å². The highest BCUT2D eigenvalue weighted by molar-refractivity contribution is 9.11. The molecule has 1 aromatic rings. The smallest absolute Gasteiger partial charge is 0.0968 e. The summed E-state index contributed by atoms with van der Waals surface area (Å²) in [6, 6.07) is 0. The summed E-state index contributed by atoms with van der Waals surface area (Å²) in [5.41, 5.74) is 0. The fraction of sp³-hybridized carbons (Fsp3) is 0.625. The number of rotatable bonds is 1. The number of thiazole rings is 1. The van der Waals surface area contributed by atoms with E-state index >= 15 is 0 Å². The lowest BCUT2D eigenvalue weighted by atomic mass is 9.99. The molecule has 1 aliphatic heterocycles. The molecule has 0 unspecified atom stereocenters. The molecule has 74 valence electrons. The molecular weight excluding hydrogens is 272 g/mol. The van der Waals surface area contributed by atoms with Crippen LogP contribution in [0.25, 0.3) is 0 Å².